The SMILES string of the molecule is O=C1Cc2ccccc2/C1=C1\C(=O)Nc2ccccc21.O=C1Cc2ccsc2/C1=C1\C(=O)Nc2ccsc21. The Morgan fingerprint density at radius 1 is 0.526 bits per heavy atom. The first-order valence-corrected chi connectivity index (χ1v) is 13.8. The third-order valence-corrected chi connectivity index (χ3v) is 8.97. The van der Waals surface area contributed by atoms with Crippen molar-refractivity contribution in [2.45, 2.75) is 12.8 Å². The second-order valence-corrected chi connectivity index (χ2v) is 11.1. The summed E-state index contributed by atoms with van der Waals surface area (Å²) < 4.78 is 0. The Bertz CT molecular complexity index is 1670. The minimum absolute atomic E-state index is 0.0213. The highest BCUT2D eigenvalue weighted by molar-refractivity contribution is 7.14. The molecule has 2 N–H and O–H groups in total. The van der Waals surface area contributed by atoms with Crippen LogP contribution in [0.2, 0.25) is 0 Å². The molecule has 2 aromatic carbocycles. The van der Waals surface area contributed by atoms with Crippen molar-refractivity contribution in [1.29, 1.82) is 0 Å². The number of benzene rings is 2. The van der Waals surface area contributed by atoms with Gasteiger partial charge in [-0.1, -0.05) is 42.5 Å². The number of Topliss-reactive ketones (excluding diaryl/α,β-unsaturated/α-hetero) is 2. The molecule has 0 bridgehead atoms. The molecule has 2 aliphatic heterocycles. The molecule has 0 saturated heterocycles. The molecule has 2 amide bonds. The van der Waals surface area contributed by atoms with Crippen molar-refractivity contribution in [3.63, 3.8) is 0 Å². The van der Waals surface area contributed by atoms with Crippen molar-refractivity contribution in [3.05, 3.63) is 103 Å². The Morgan fingerprint density at radius 2 is 1.16 bits per heavy atom. The second kappa shape index (κ2) is 8.58. The minimum atomic E-state index is -0.189. The van der Waals surface area contributed by atoms with Crippen LogP contribution in [0, 0.1) is 0 Å². The van der Waals surface area contributed by atoms with Gasteiger partial charge < -0.3 is 10.6 Å². The number of hydrogen-bond acceptors (Lipinski definition) is 6. The van der Waals surface area contributed by atoms with Crippen molar-refractivity contribution < 1.29 is 19.2 Å². The van der Waals surface area contributed by atoms with Crippen LogP contribution < -0.4 is 10.6 Å². The van der Waals surface area contributed by atoms with Crippen LogP contribution in [0.4, 0.5) is 11.4 Å². The van der Waals surface area contributed by atoms with Crippen LogP contribution in [-0.4, -0.2) is 23.4 Å². The van der Waals surface area contributed by atoms with E-state index in [0.29, 0.717) is 35.1 Å². The Morgan fingerprint density at radius 3 is 2.03 bits per heavy atom. The van der Waals surface area contributed by atoms with E-state index in [-0.39, 0.29) is 23.4 Å². The lowest BCUT2D eigenvalue weighted by molar-refractivity contribution is -0.113. The summed E-state index contributed by atoms with van der Waals surface area (Å²) >= 11 is 3.04. The molecule has 0 unspecified atom stereocenters. The number of rotatable bonds is 0. The Balaban J connectivity index is 0.000000128. The first kappa shape index (κ1) is 22.8. The van der Waals surface area contributed by atoms with E-state index in [2.05, 4.69) is 10.6 Å². The first-order valence-electron chi connectivity index (χ1n) is 12.0. The van der Waals surface area contributed by atoms with Crippen molar-refractivity contribution in [3.8, 4) is 0 Å². The molecule has 0 radical (unpaired) electrons. The largest absolute Gasteiger partial charge is 0.321 e. The fourth-order valence-corrected chi connectivity index (χ4v) is 7.31. The van der Waals surface area contributed by atoms with E-state index in [1.807, 2.05) is 71.4 Å². The zero-order valence-corrected chi connectivity index (χ0v) is 21.4. The maximum absolute atomic E-state index is 12.3. The van der Waals surface area contributed by atoms with Crippen LogP contribution in [0.15, 0.2) is 71.4 Å². The summed E-state index contributed by atoms with van der Waals surface area (Å²) in [6, 6.07) is 19.0. The van der Waals surface area contributed by atoms with Gasteiger partial charge in [0.1, 0.15) is 0 Å². The average molecular weight is 535 g/mol. The van der Waals surface area contributed by atoms with Crippen LogP contribution in [0.5, 0.6) is 0 Å². The molecule has 38 heavy (non-hydrogen) atoms. The minimum Gasteiger partial charge on any atom is -0.321 e. The van der Waals surface area contributed by atoms with Gasteiger partial charge >= 0.3 is 0 Å². The number of amides is 2. The maximum Gasteiger partial charge on any atom is 0.258 e. The van der Waals surface area contributed by atoms with Crippen molar-refractivity contribution in [2.24, 2.45) is 0 Å². The normalized spacial score (nSPS) is 20.4. The monoisotopic (exact) mass is 534 g/mol. The molecule has 8 rings (SSSR count). The highest BCUT2D eigenvalue weighted by atomic mass is 32.1. The smallest absolute Gasteiger partial charge is 0.258 e. The number of allylic oxidation sites excluding steroid dienone is 2. The van der Waals surface area contributed by atoms with Gasteiger partial charge in [0.15, 0.2) is 11.6 Å². The number of anilines is 2. The molecule has 6 nitrogen and oxygen atoms in total. The van der Waals surface area contributed by atoms with E-state index < -0.39 is 0 Å². The molecule has 4 aliphatic rings. The van der Waals surface area contributed by atoms with Gasteiger partial charge in [-0.05, 0) is 45.6 Å². The third kappa shape index (κ3) is 3.38. The summed E-state index contributed by atoms with van der Waals surface area (Å²) in [5.41, 5.74) is 7.59. The zero-order valence-electron chi connectivity index (χ0n) is 19.8. The van der Waals surface area contributed by atoms with E-state index >= 15 is 0 Å². The summed E-state index contributed by atoms with van der Waals surface area (Å²) in [6.45, 7) is 0. The van der Waals surface area contributed by atoms with Gasteiger partial charge in [-0.15, -0.1) is 22.7 Å². The number of hydrogen-bond donors (Lipinski definition) is 2. The van der Waals surface area contributed by atoms with E-state index in [1.54, 1.807) is 0 Å². The van der Waals surface area contributed by atoms with Gasteiger partial charge in [-0.2, -0.15) is 0 Å². The molecule has 0 saturated carbocycles. The third-order valence-electron chi connectivity index (χ3n) is 7.06. The fourth-order valence-electron chi connectivity index (χ4n) is 5.42. The molecule has 184 valence electrons. The zero-order chi connectivity index (χ0) is 26.0. The molecule has 0 fully saturated rings. The van der Waals surface area contributed by atoms with Crippen LogP contribution in [-0.2, 0) is 32.0 Å². The van der Waals surface area contributed by atoms with Gasteiger partial charge in [0.25, 0.3) is 11.8 Å². The number of carbonyl (C=O) groups is 4. The van der Waals surface area contributed by atoms with Crippen LogP contribution in [0.3, 0.4) is 0 Å². The Labute approximate surface area is 225 Å². The molecule has 2 aliphatic carbocycles. The van der Waals surface area contributed by atoms with Gasteiger partial charge in [0.2, 0.25) is 0 Å². The number of para-hydroxylation sites is 1. The lowest BCUT2D eigenvalue weighted by atomic mass is 9.96. The van der Waals surface area contributed by atoms with Crippen molar-refractivity contribution in [2.75, 3.05) is 10.6 Å². The fraction of sp³-hybridized carbons (Fsp3) is 0.0667. The van der Waals surface area contributed by atoms with Crippen LogP contribution in [0.25, 0.3) is 22.3 Å². The van der Waals surface area contributed by atoms with E-state index in [0.717, 1.165) is 43.4 Å². The van der Waals surface area contributed by atoms with Crippen molar-refractivity contribution in [1.82, 2.24) is 0 Å². The highest BCUT2D eigenvalue weighted by Gasteiger charge is 2.37. The molecule has 2 aromatic heterocycles. The summed E-state index contributed by atoms with van der Waals surface area (Å²) in [4.78, 5) is 50.6. The van der Waals surface area contributed by atoms with Gasteiger partial charge in [0, 0.05) is 40.1 Å². The van der Waals surface area contributed by atoms with Gasteiger partial charge in [-0.25, -0.2) is 0 Å². The summed E-state index contributed by atoms with van der Waals surface area (Å²) in [7, 11) is 0. The molecule has 0 spiro atoms. The Kier molecular flexibility index (Phi) is 5.14. The number of nitrogens with one attached hydrogen (secondary N) is 2. The number of carbonyl (C=O) groups excluding carboxylic acids is 4. The molecule has 4 aromatic rings. The lowest BCUT2D eigenvalue weighted by Crippen LogP contribution is -2.08. The van der Waals surface area contributed by atoms with E-state index in [4.69, 9.17) is 0 Å². The summed E-state index contributed by atoms with van der Waals surface area (Å²) in [5, 5.41) is 9.54. The predicted molar refractivity (Wildman–Crippen MR) is 150 cm³/mol. The van der Waals surface area contributed by atoms with Crippen LogP contribution in [0.1, 0.15) is 32.0 Å². The molecular formula is C30H18N2O4S2. The molecular weight excluding hydrogens is 516 g/mol. The Hall–Kier alpha value is -4.40. The number of ketones is 2. The first-order chi connectivity index (χ1) is 18.5. The summed E-state index contributed by atoms with van der Waals surface area (Å²) in [6.07, 6.45) is 0.802. The highest BCUT2D eigenvalue weighted by Crippen LogP contribution is 2.45. The topological polar surface area (TPSA) is 92.3 Å². The molecule has 0 atom stereocenters. The molecule has 4 heterocycles. The van der Waals surface area contributed by atoms with Crippen molar-refractivity contribution >= 4 is 79.7 Å². The number of fused-ring (bicyclic) bond motifs is 4. The maximum atomic E-state index is 12.3. The molecule has 8 heteroatoms. The van der Waals surface area contributed by atoms with Gasteiger partial charge in [-0.3, -0.25) is 19.2 Å². The average Bonchev–Trinajstić information content (AvgIpc) is 3.72. The standard InChI is InChI=1S/C17H11NO2.C13H7NO2S2/c19-14-9-10-5-1-2-6-11(10)15(14)16-12-7-3-4-8-13(12)18-17(16)20;15-8-5-6-1-3-17-11(6)9(8)10-12-7(2-4-18-12)14-13(10)16/h1-8H,9H2,(H,18,20);1-4H,5H2,(H,14,16)/b16-15+;10-9-. The predicted octanol–water partition coefficient (Wildman–Crippen LogP) is 5.47. The number of thiophene rings is 2. The lowest BCUT2D eigenvalue weighted by Gasteiger charge is -2.04. The quantitative estimate of drug-likeness (QED) is 0.293. The van der Waals surface area contributed by atoms with Gasteiger partial charge in [0.05, 0.1) is 21.7 Å². The van der Waals surface area contributed by atoms with E-state index in [9.17, 15) is 19.2 Å². The second-order valence-electron chi connectivity index (χ2n) is 9.25. The van der Waals surface area contributed by atoms with Crippen LogP contribution >= 0.6 is 22.7 Å². The van der Waals surface area contributed by atoms with E-state index in [1.165, 1.54) is 22.7 Å². The summed E-state index contributed by atoms with van der Waals surface area (Å²) in [5.74, 6) is -0.260.